The molecule has 3 N–H and O–H groups in total. The number of thiazole rings is 1. The number of carbonyl (C=O) groups is 4. The third-order valence-electron chi connectivity index (χ3n) is 10.4. The summed E-state index contributed by atoms with van der Waals surface area (Å²) in [5.41, 5.74) is -2.04. The van der Waals surface area contributed by atoms with Crippen molar-refractivity contribution in [2.75, 3.05) is 18.9 Å². The van der Waals surface area contributed by atoms with Gasteiger partial charge in [0.2, 0.25) is 21.8 Å². The second-order valence-corrected chi connectivity index (χ2v) is 18.3. The van der Waals surface area contributed by atoms with Gasteiger partial charge in [0.05, 0.1) is 34.0 Å². The molecule has 3 fully saturated rings. The van der Waals surface area contributed by atoms with Crippen LogP contribution >= 0.6 is 11.3 Å². The van der Waals surface area contributed by atoms with Crippen LogP contribution in [0.15, 0.2) is 35.7 Å². The molecule has 2 aromatic rings. The standard InChI is InChI=1S/C36H44F3N5O7S2/c1-34(2,3)28-19-52-30(41-28)24-13-10-20(36(37,38)39)15-27(24)40-33(48)51-22-16-25-26(17-22)31(46)44(4)14-8-6-5-7-9-21-18-35(21,42-29(25)45)32(47)43-53(49,50)23-11-12-23/h7,9-10,13,15,19,21-23,25-26H,5-6,8,11-12,14,16-18H2,1-4H3,(H,40,48)(H,42,45)(H,43,47)/b9-7-/t21-,22-,25-,26-,35-/m1/s1. The highest BCUT2D eigenvalue weighted by molar-refractivity contribution is 7.91. The largest absolute Gasteiger partial charge is 0.446 e. The molecule has 4 amide bonds. The smallest absolute Gasteiger partial charge is 0.416 e. The predicted octanol–water partition coefficient (Wildman–Crippen LogP) is 5.75. The van der Waals surface area contributed by atoms with Crippen LogP contribution in [0.4, 0.5) is 23.7 Å². The number of benzene rings is 1. The van der Waals surface area contributed by atoms with Crippen LogP contribution in [0, 0.1) is 17.8 Å². The second-order valence-electron chi connectivity index (χ2n) is 15.5. The summed E-state index contributed by atoms with van der Waals surface area (Å²) in [7, 11) is -2.29. The third kappa shape index (κ3) is 8.55. The molecule has 0 bridgehead atoms. The average molecular weight is 780 g/mol. The quantitative estimate of drug-likeness (QED) is 0.312. The number of allylic oxidation sites excluding steroid dienone is 1. The van der Waals surface area contributed by atoms with E-state index in [0.29, 0.717) is 37.2 Å². The van der Waals surface area contributed by atoms with Gasteiger partial charge < -0.3 is 15.0 Å². The minimum absolute atomic E-state index is 0.0515. The highest BCUT2D eigenvalue weighted by Gasteiger charge is 2.62. The summed E-state index contributed by atoms with van der Waals surface area (Å²) < 4.78 is 74.5. The fraction of sp³-hybridized carbons (Fsp3) is 0.583. The second kappa shape index (κ2) is 14.3. The molecule has 0 unspecified atom stereocenters. The molecule has 5 atom stereocenters. The van der Waals surface area contributed by atoms with Crippen LogP contribution in [0.2, 0.25) is 0 Å². The number of ether oxygens (including phenoxy) is 1. The summed E-state index contributed by atoms with van der Waals surface area (Å²) in [4.78, 5) is 60.7. The van der Waals surface area contributed by atoms with Gasteiger partial charge in [0, 0.05) is 35.9 Å². The normalized spacial score (nSPS) is 27.5. The summed E-state index contributed by atoms with van der Waals surface area (Å²) in [6, 6.07) is 2.96. The number of nitrogens with zero attached hydrogens (tertiary/aromatic N) is 2. The van der Waals surface area contributed by atoms with Gasteiger partial charge >= 0.3 is 12.3 Å². The van der Waals surface area contributed by atoms with E-state index in [1.54, 1.807) is 12.4 Å². The molecule has 3 aliphatic carbocycles. The lowest BCUT2D eigenvalue weighted by molar-refractivity contribution is -0.140. The van der Waals surface area contributed by atoms with E-state index < -0.39 is 74.3 Å². The van der Waals surface area contributed by atoms with Crippen LogP contribution in [0.1, 0.15) is 83.4 Å². The molecule has 0 radical (unpaired) electrons. The molecule has 0 spiro atoms. The Balaban J connectivity index is 1.23. The van der Waals surface area contributed by atoms with Crippen molar-refractivity contribution < 1.29 is 45.5 Å². The first kappa shape index (κ1) is 38.7. The van der Waals surface area contributed by atoms with Crippen molar-refractivity contribution in [1.29, 1.82) is 0 Å². The van der Waals surface area contributed by atoms with Crippen molar-refractivity contribution in [3.05, 3.63) is 47.0 Å². The first-order valence-electron chi connectivity index (χ1n) is 17.7. The summed E-state index contributed by atoms with van der Waals surface area (Å²) in [5.74, 6) is -4.30. The van der Waals surface area contributed by atoms with Gasteiger partial charge in [-0.05, 0) is 69.6 Å². The van der Waals surface area contributed by atoms with E-state index in [-0.39, 0.29) is 41.8 Å². The van der Waals surface area contributed by atoms with Gasteiger partial charge in [-0.25, -0.2) is 18.2 Å². The van der Waals surface area contributed by atoms with Crippen LogP contribution in [0.3, 0.4) is 0 Å². The van der Waals surface area contributed by atoms with Crippen LogP contribution in [0.5, 0.6) is 0 Å². The Morgan fingerprint density at radius 2 is 1.81 bits per heavy atom. The summed E-state index contributed by atoms with van der Waals surface area (Å²) in [5, 5.41) is 6.76. The predicted molar refractivity (Wildman–Crippen MR) is 191 cm³/mol. The van der Waals surface area contributed by atoms with Crippen molar-refractivity contribution in [2.45, 2.75) is 101 Å². The zero-order chi connectivity index (χ0) is 38.5. The number of nitrogens with one attached hydrogen (secondary N) is 3. The summed E-state index contributed by atoms with van der Waals surface area (Å²) >= 11 is 1.22. The van der Waals surface area contributed by atoms with Gasteiger partial charge in [0.15, 0.2) is 0 Å². The van der Waals surface area contributed by atoms with Gasteiger partial charge in [-0.1, -0.05) is 32.9 Å². The fourth-order valence-electron chi connectivity index (χ4n) is 6.93. The van der Waals surface area contributed by atoms with E-state index in [1.165, 1.54) is 22.3 Å². The maximum absolute atomic E-state index is 14.0. The van der Waals surface area contributed by atoms with E-state index in [1.807, 2.05) is 32.9 Å². The van der Waals surface area contributed by atoms with Gasteiger partial charge in [-0.15, -0.1) is 11.3 Å². The molecule has 1 aromatic carbocycles. The number of anilines is 1. The number of alkyl halides is 3. The van der Waals surface area contributed by atoms with Crippen molar-refractivity contribution >= 4 is 50.9 Å². The van der Waals surface area contributed by atoms with E-state index in [9.17, 15) is 40.8 Å². The molecule has 4 aliphatic rings. The Kier molecular flexibility index (Phi) is 10.5. The Morgan fingerprint density at radius 1 is 1.09 bits per heavy atom. The van der Waals surface area contributed by atoms with Crippen LogP contribution < -0.4 is 15.4 Å². The Morgan fingerprint density at radius 3 is 2.47 bits per heavy atom. The number of hydrogen-bond donors (Lipinski definition) is 3. The van der Waals surface area contributed by atoms with Gasteiger partial charge in [-0.3, -0.25) is 24.4 Å². The maximum atomic E-state index is 14.0. The number of carbonyl (C=O) groups excluding carboxylic acids is 4. The average Bonchev–Trinajstić information content (AvgIpc) is 3.94. The van der Waals surface area contributed by atoms with Crippen molar-refractivity contribution in [3.63, 3.8) is 0 Å². The maximum Gasteiger partial charge on any atom is 0.416 e. The molecule has 1 aromatic heterocycles. The zero-order valence-electron chi connectivity index (χ0n) is 29.9. The monoisotopic (exact) mass is 779 g/mol. The lowest BCUT2D eigenvalue weighted by atomic mass is 9.93. The highest BCUT2D eigenvalue weighted by atomic mass is 32.2. The van der Waals surface area contributed by atoms with Crippen LogP contribution in [0.25, 0.3) is 10.6 Å². The molecule has 3 saturated carbocycles. The van der Waals surface area contributed by atoms with Crippen molar-refractivity contribution in [1.82, 2.24) is 19.9 Å². The number of amides is 4. The SMILES string of the molecule is CN1CCCC/C=C\[C@@H]2C[C@@]2(C(=O)NS(=O)(=O)C2CC2)NC(=O)[C@@H]2C[C@@H](OC(=O)Nc3cc(C(F)(F)F)ccc3-c3nc(C(C)(C)C)cs3)C[C@H]2C1=O. The van der Waals surface area contributed by atoms with E-state index >= 15 is 0 Å². The van der Waals surface area contributed by atoms with Crippen molar-refractivity contribution in [2.24, 2.45) is 17.8 Å². The lowest BCUT2D eigenvalue weighted by Crippen LogP contribution is -2.54. The minimum atomic E-state index is -4.70. The van der Waals surface area contributed by atoms with E-state index in [0.717, 1.165) is 24.2 Å². The number of aromatic nitrogens is 1. The molecule has 1 aliphatic heterocycles. The summed E-state index contributed by atoms with van der Waals surface area (Å²) in [6.45, 7) is 6.27. The van der Waals surface area contributed by atoms with Crippen molar-refractivity contribution in [3.8, 4) is 10.6 Å². The molecule has 6 rings (SSSR count). The molecule has 12 nitrogen and oxygen atoms in total. The summed E-state index contributed by atoms with van der Waals surface area (Å²) in [6.07, 6.45) is -0.0888. The first-order valence-corrected chi connectivity index (χ1v) is 20.2. The molecule has 288 valence electrons. The van der Waals surface area contributed by atoms with E-state index in [4.69, 9.17) is 4.74 Å². The zero-order valence-corrected chi connectivity index (χ0v) is 31.6. The Hall–Kier alpha value is -3.99. The van der Waals surface area contributed by atoms with E-state index in [2.05, 4.69) is 20.3 Å². The molecule has 0 saturated heterocycles. The van der Waals surface area contributed by atoms with Crippen LogP contribution in [-0.2, 0) is 40.7 Å². The number of halogens is 3. The highest BCUT2D eigenvalue weighted by Crippen LogP contribution is 2.47. The Labute approximate surface area is 310 Å². The fourth-order valence-corrected chi connectivity index (χ4v) is 9.38. The number of rotatable bonds is 6. The molecule has 2 heterocycles. The Bertz CT molecular complexity index is 1920. The minimum Gasteiger partial charge on any atom is -0.446 e. The first-order chi connectivity index (χ1) is 24.8. The third-order valence-corrected chi connectivity index (χ3v) is 13.1. The van der Waals surface area contributed by atoms with Gasteiger partial charge in [-0.2, -0.15) is 13.2 Å². The van der Waals surface area contributed by atoms with Gasteiger partial charge in [0.25, 0.3) is 5.91 Å². The number of fused-ring (bicyclic) bond motifs is 2. The molecular formula is C36H44F3N5O7S2. The number of sulfonamides is 1. The number of hydrogen-bond acceptors (Lipinski definition) is 9. The molecular weight excluding hydrogens is 736 g/mol. The van der Waals surface area contributed by atoms with Crippen LogP contribution in [-0.4, -0.2) is 72.6 Å². The topological polar surface area (TPSA) is 164 Å². The lowest BCUT2D eigenvalue weighted by Gasteiger charge is -2.26. The molecule has 53 heavy (non-hydrogen) atoms. The van der Waals surface area contributed by atoms with Gasteiger partial charge in [0.1, 0.15) is 16.7 Å². The molecule has 17 heteroatoms.